The molecule has 1 amide bonds. The van der Waals surface area contributed by atoms with E-state index in [1.54, 1.807) is 0 Å². The Morgan fingerprint density at radius 3 is 2.60 bits per heavy atom. The number of hydrogen-bond donors (Lipinski definition) is 2. The lowest BCUT2D eigenvalue weighted by molar-refractivity contribution is -0.119. The van der Waals surface area contributed by atoms with Crippen LogP contribution in [0.15, 0.2) is 18.2 Å². The van der Waals surface area contributed by atoms with Crippen molar-refractivity contribution in [3.63, 3.8) is 0 Å². The topological polar surface area (TPSA) is 72.3 Å². The Labute approximate surface area is 125 Å². The summed E-state index contributed by atoms with van der Waals surface area (Å²) < 4.78 is 0. The maximum absolute atomic E-state index is 10.9. The van der Waals surface area contributed by atoms with Crippen molar-refractivity contribution in [2.24, 2.45) is 17.4 Å². The van der Waals surface area contributed by atoms with Crippen molar-refractivity contribution < 1.29 is 4.79 Å². The zero-order valence-electron chi connectivity index (χ0n) is 11.8. The van der Waals surface area contributed by atoms with Gasteiger partial charge in [0.15, 0.2) is 0 Å². The van der Waals surface area contributed by atoms with Gasteiger partial charge in [-0.25, -0.2) is 0 Å². The van der Waals surface area contributed by atoms with Crippen LogP contribution in [0.5, 0.6) is 0 Å². The summed E-state index contributed by atoms with van der Waals surface area (Å²) in [5, 5.41) is 0.719. The number of halogens is 1. The van der Waals surface area contributed by atoms with Crippen molar-refractivity contribution in [2.45, 2.75) is 32.2 Å². The van der Waals surface area contributed by atoms with Crippen molar-refractivity contribution in [3.8, 4) is 0 Å². The average Bonchev–Trinajstić information content (AvgIpc) is 2.38. The summed E-state index contributed by atoms with van der Waals surface area (Å²) in [6.07, 6.45) is 2.49. The quantitative estimate of drug-likeness (QED) is 0.896. The van der Waals surface area contributed by atoms with Gasteiger partial charge in [-0.05, 0) is 43.4 Å². The van der Waals surface area contributed by atoms with E-state index in [0.717, 1.165) is 42.2 Å². The van der Waals surface area contributed by atoms with Crippen LogP contribution in [-0.4, -0.2) is 19.0 Å². The number of primary amides is 1. The summed E-state index contributed by atoms with van der Waals surface area (Å²) in [5.41, 5.74) is 13.2. The second kappa shape index (κ2) is 6.46. The maximum atomic E-state index is 10.9. The first-order valence-electron chi connectivity index (χ1n) is 7.05. The molecule has 4 N–H and O–H groups in total. The Bertz CT molecular complexity index is 482. The minimum Gasteiger partial charge on any atom is -0.371 e. The summed E-state index contributed by atoms with van der Waals surface area (Å²) >= 11 is 6.27. The molecule has 1 aliphatic rings. The van der Waals surface area contributed by atoms with Gasteiger partial charge in [-0.15, -0.1) is 0 Å². The second-order valence-corrected chi connectivity index (χ2v) is 6.00. The Balaban J connectivity index is 2.00. The number of rotatable bonds is 4. The van der Waals surface area contributed by atoms with Gasteiger partial charge in [0.1, 0.15) is 0 Å². The third-order valence-electron chi connectivity index (χ3n) is 3.94. The van der Waals surface area contributed by atoms with Crippen LogP contribution in [0.2, 0.25) is 5.02 Å². The first-order chi connectivity index (χ1) is 9.47. The van der Waals surface area contributed by atoms with Gasteiger partial charge in [-0.2, -0.15) is 0 Å². The Morgan fingerprint density at radius 1 is 1.45 bits per heavy atom. The summed E-state index contributed by atoms with van der Waals surface area (Å²) in [7, 11) is 0. The number of hydrogen-bond acceptors (Lipinski definition) is 3. The molecule has 1 aromatic carbocycles. The fraction of sp³-hybridized carbons (Fsp3) is 0.533. The molecule has 1 unspecified atom stereocenters. The Morgan fingerprint density at radius 2 is 2.10 bits per heavy atom. The molecule has 0 spiro atoms. The summed E-state index contributed by atoms with van der Waals surface area (Å²) in [6, 6.07) is 5.99. The van der Waals surface area contributed by atoms with Gasteiger partial charge in [0.2, 0.25) is 5.91 Å². The van der Waals surface area contributed by atoms with E-state index in [-0.39, 0.29) is 11.9 Å². The lowest BCUT2D eigenvalue weighted by Gasteiger charge is -2.33. The molecule has 0 radical (unpaired) electrons. The highest BCUT2D eigenvalue weighted by Crippen LogP contribution is 2.30. The monoisotopic (exact) mass is 295 g/mol. The number of nitrogens with two attached hydrogens (primary N) is 2. The molecule has 1 saturated heterocycles. The van der Waals surface area contributed by atoms with Gasteiger partial charge in [0, 0.05) is 36.3 Å². The summed E-state index contributed by atoms with van der Waals surface area (Å²) in [4.78, 5) is 13.2. The molecule has 4 nitrogen and oxygen atoms in total. The zero-order valence-corrected chi connectivity index (χ0v) is 12.6. The smallest absolute Gasteiger partial charge is 0.217 e. The minimum absolute atomic E-state index is 0.0575. The zero-order chi connectivity index (χ0) is 14.7. The van der Waals surface area contributed by atoms with Gasteiger partial charge in [-0.3, -0.25) is 4.79 Å². The Kier molecular flexibility index (Phi) is 4.89. The molecular formula is C15H22ClN3O. The average molecular weight is 296 g/mol. The molecule has 0 aromatic heterocycles. The van der Waals surface area contributed by atoms with Crippen LogP contribution >= 0.6 is 11.6 Å². The SMILES string of the molecule is CC(N)c1ccc(N2CCC(CC(N)=O)CC2)cc1Cl. The van der Waals surface area contributed by atoms with Crippen molar-refractivity contribution in [1.29, 1.82) is 0 Å². The molecule has 1 heterocycles. The van der Waals surface area contributed by atoms with Crippen LogP contribution in [0.25, 0.3) is 0 Å². The molecule has 1 atom stereocenters. The van der Waals surface area contributed by atoms with Crippen LogP contribution in [0.4, 0.5) is 5.69 Å². The van der Waals surface area contributed by atoms with Gasteiger partial charge >= 0.3 is 0 Å². The Hall–Kier alpha value is -1.26. The molecule has 2 rings (SSSR count). The molecule has 0 bridgehead atoms. The van der Waals surface area contributed by atoms with Crippen molar-refractivity contribution >= 4 is 23.2 Å². The van der Waals surface area contributed by atoms with E-state index in [1.807, 2.05) is 19.1 Å². The van der Waals surface area contributed by atoms with Crippen molar-refractivity contribution in [3.05, 3.63) is 28.8 Å². The van der Waals surface area contributed by atoms with Crippen LogP contribution in [-0.2, 0) is 4.79 Å². The number of carbonyl (C=O) groups is 1. The summed E-state index contributed by atoms with van der Waals surface area (Å²) in [5.74, 6) is 0.218. The van der Waals surface area contributed by atoms with Crippen LogP contribution in [0.3, 0.4) is 0 Å². The van der Waals surface area contributed by atoms with E-state index in [0.29, 0.717) is 12.3 Å². The molecule has 0 aliphatic carbocycles. The van der Waals surface area contributed by atoms with E-state index in [1.165, 1.54) is 0 Å². The van der Waals surface area contributed by atoms with Gasteiger partial charge in [0.05, 0.1) is 0 Å². The molecular weight excluding hydrogens is 274 g/mol. The molecule has 1 aromatic rings. The fourth-order valence-electron chi connectivity index (χ4n) is 2.76. The molecule has 5 heteroatoms. The lowest BCUT2D eigenvalue weighted by atomic mass is 9.93. The standard InChI is InChI=1S/C15H22ClN3O/c1-10(17)13-3-2-12(9-14(13)16)19-6-4-11(5-7-19)8-15(18)20/h2-3,9-11H,4-8,17H2,1H3,(H2,18,20). The number of anilines is 1. The van der Waals surface area contributed by atoms with E-state index in [4.69, 9.17) is 23.1 Å². The molecule has 1 aliphatic heterocycles. The third kappa shape index (κ3) is 3.64. The van der Waals surface area contributed by atoms with E-state index < -0.39 is 0 Å². The van der Waals surface area contributed by atoms with Gasteiger partial charge < -0.3 is 16.4 Å². The first-order valence-corrected chi connectivity index (χ1v) is 7.43. The van der Waals surface area contributed by atoms with Gasteiger partial charge in [-0.1, -0.05) is 17.7 Å². The number of amides is 1. The largest absolute Gasteiger partial charge is 0.371 e. The second-order valence-electron chi connectivity index (χ2n) is 5.60. The van der Waals surface area contributed by atoms with Crippen molar-refractivity contribution in [1.82, 2.24) is 0 Å². The number of benzene rings is 1. The molecule has 20 heavy (non-hydrogen) atoms. The summed E-state index contributed by atoms with van der Waals surface area (Å²) in [6.45, 7) is 3.80. The molecule has 1 fully saturated rings. The van der Waals surface area contributed by atoms with Crippen LogP contribution in [0, 0.1) is 5.92 Å². The van der Waals surface area contributed by atoms with Crippen LogP contribution < -0.4 is 16.4 Å². The number of piperidine rings is 1. The molecule has 0 saturated carbocycles. The van der Waals surface area contributed by atoms with Crippen LogP contribution in [0.1, 0.15) is 37.8 Å². The highest BCUT2D eigenvalue weighted by Gasteiger charge is 2.21. The van der Waals surface area contributed by atoms with Crippen molar-refractivity contribution in [2.75, 3.05) is 18.0 Å². The predicted octanol–water partition coefficient (Wildman–Crippen LogP) is 2.45. The third-order valence-corrected chi connectivity index (χ3v) is 4.27. The van der Waals surface area contributed by atoms with E-state index in [9.17, 15) is 4.79 Å². The molecule has 110 valence electrons. The van der Waals surface area contributed by atoms with E-state index in [2.05, 4.69) is 11.0 Å². The normalized spacial score (nSPS) is 18.1. The number of carbonyl (C=O) groups excluding carboxylic acids is 1. The lowest BCUT2D eigenvalue weighted by Crippen LogP contribution is -2.35. The minimum atomic E-state index is -0.201. The van der Waals surface area contributed by atoms with Gasteiger partial charge in [0.25, 0.3) is 0 Å². The first kappa shape index (κ1) is 15.1. The number of nitrogens with zero attached hydrogens (tertiary/aromatic N) is 1. The highest BCUT2D eigenvalue weighted by atomic mass is 35.5. The maximum Gasteiger partial charge on any atom is 0.217 e. The highest BCUT2D eigenvalue weighted by molar-refractivity contribution is 6.31. The van der Waals surface area contributed by atoms with E-state index >= 15 is 0 Å². The predicted molar refractivity (Wildman–Crippen MR) is 82.8 cm³/mol. The fourth-order valence-corrected chi connectivity index (χ4v) is 3.11.